The van der Waals surface area contributed by atoms with Gasteiger partial charge < -0.3 is 10.1 Å². The van der Waals surface area contributed by atoms with E-state index in [4.69, 9.17) is 16.3 Å². The number of non-ortho nitro benzene ring substituents is 1. The van der Waals surface area contributed by atoms with Crippen LogP contribution in [-0.2, 0) is 6.54 Å². The smallest absolute Gasteiger partial charge is 0.271 e. The van der Waals surface area contributed by atoms with Crippen molar-refractivity contribution in [2.45, 2.75) is 6.54 Å². The number of nitrogens with zero attached hydrogens (tertiary/aromatic N) is 3. The molecule has 0 fully saturated rings. The zero-order valence-electron chi connectivity index (χ0n) is 14.3. The second-order valence-electron chi connectivity index (χ2n) is 5.61. The molecule has 3 aromatic rings. The van der Waals surface area contributed by atoms with E-state index >= 15 is 0 Å². The van der Waals surface area contributed by atoms with E-state index in [0.717, 1.165) is 5.56 Å². The van der Waals surface area contributed by atoms with E-state index in [-0.39, 0.29) is 11.4 Å². The standard InChI is InChI=1S/C18H15ClN4O4/c1-27-17-7-6-14(23(25)26)8-16(17)21-18(24)13-9-20-22(11-13)10-12-4-2-3-5-15(12)19/h2-9,11H,10H2,1H3,(H,21,24). The maximum atomic E-state index is 12.5. The zero-order chi connectivity index (χ0) is 19.4. The number of nitro benzene ring substituents is 1. The first kappa shape index (κ1) is 18.4. The highest BCUT2D eigenvalue weighted by molar-refractivity contribution is 6.31. The lowest BCUT2D eigenvalue weighted by Crippen LogP contribution is -2.12. The predicted molar refractivity (Wildman–Crippen MR) is 100 cm³/mol. The monoisotopic (exact) mass is 386 g/mol. The van der Waals surface area contributed by atoms with Gasteiger partial charge in [0.05, 0.1) is 36.0 Å². The Kier molecular flexibility index (Phi) is 5.37. The van der Waals surface area contributed by atoms with Crippen LogP contribution in [0, 0.1) is 10.1 Å². The average Bonchev–Trinajstić information content (AvgIpc) is 3.12. The number of amides is 1. The second-order valence-corrected chi connectivity index (χ2v) is 6.02. The van der Waals surface area contributed by atoms with E-state index in [2.05, 4.69) is 10.4 Å². The summed E-state index contributed by atoms with van der Waals surface area (Å²) in [6.45, 7) is 0.410. The van der Waals surface area contributed by atoms with Gasteiger partial charge in [-0.05, 0) is 17.7 Å². The number of hydrogen-bond acceptors (Lipinski definition) is 5. The Bertz CT molecular complexity index is 1000. The van der Waals surface area contributed by atoms with Crippen molar-refractivity contribution in [1.29, 1.82) is 0 Å². The lowest BCUT2D eigenvalue weighted by atomic mass is 10.2. The number of carbonyl (C=O) groups excluding carboxylic acids is 1. The van der Waals surface area contributed by atoms with E-state index < -0.39 is 10.8 Å². The predicted octanol–water partition coefficient (Wildman–Crippen LogP) is 3.75. The number of halogens is 1. The van der Waals surface area contributed by atoms with Crippen LogP contribution in [-0.4, -0.2) is 27.7 Å². The molecule has 0 atom stereocenters. The maximum absolute atomic E-state index is 12.5. The first-order valence-electron chi connectivity index (χ1n) is 7.87. The molecule has 8 nitrogen and oxygen atoms in total. The third-order valence-corrected chi connectivity index (χ3v) is 4.20. The molecule has 1 heterocycles. The molecule has 0 aliphatic heterocycles. The third-order valence-electron chi connectivity index (χ3n) is 3.83. The van der Waals surface area contributed by atoms with E-state index in [1.54, 1.807) is 16.9 Å². The molecule has 0 spiro atoms. The molecule has 0 saturated carbocycles. The lowest BCUT2D eigenvalue weighted by molar-refractivity contribution is -0.384. The van der Waals surface area contributed by atoms with Gasteiger partial charge >= 0.3 is 0 Å². The highest BCUT2D eigenvalue weighted by Crippen LogP contribution is 2.29. The molecule has 9 heteroatoms. The van der Waals surface area contributed by atoms with Gasteiger partial charge in [-0.1, -0.05) is 29.8 Å². The molecule has 0 saturated heterocycles. The highest BCUT2D eigenvalue weighted by atomic mass is 35.5. The Morgan fingerprint density at radius 3 is 2.81 bits per heavy atom. The van der Waals surface area contributed by atoms with E-state index in [1.165, 1.54) is 31.5 Å². The number of methoxy groups -OCH3 is 1. The molecule has 1 amide bonds. The summed E-state index contributed by atoms with van der Waals surface area (Å²) < 4.78 is 6.73. The molecule has 0 bridgehead atoms. The fourth-order valence-corrected chi connectivity index (χ4v) is 2.67. The quantitative estimate of drug-likeness (QED) is 0.513. The molecule has 1 aromatic heterocycles. The number of hydrogen-bond donors (Lipinski definition) is 1. The molecular formula is C18H15ClN4O4. The number of rotatable bonds is 6. The SMILES string of the molecule is COc1ccc([N+](=O)[O-])cc1NC(=O)c1cnn(Cc2ccccc2Cl)c1. The number of carbonyl (C=O) groups is 1. The van der Waals surface area contributed by atoms with Crippen LogP contribution >= 0.6 is 11.6 Å². The minimum Gasteiger partial charge on any atom is -0.495 e. The number of benzene rings is 2. The maximum Gasteiger partial charge on any atom is 0.271 e. The van der Waals surface area contributed by atoms with Crippen LogP contribution in [0.5, 0.6) is 5.75 Å². The molecule has 0 aliphatic rings. The van der Waals surface area contributed by atoms with Crippen molar-refractivity contribution < 1.29 is 14.5 Å². The van der Waals surface area contributed by atoms with Crippen LogP contribution in [0.2, 0.25) is 5.02 Å². The topological polar surface area (TPSA) is 99.3 Å². The van der Waals surface area contributed by atoms with Gasteiger partial charge in [0, 0.05) is 23.4 Å². The van der Waals surface area contributed by atoms with Gasteiger partial charge in [0.2, 0.25) is 0 Å². The Balaban J connectivity index is 1.78. The molecule has 27 heavy (non-hydrogen) atoms. The van der Waals surface area contributed by atoms with Crippen molar-refractivity contribution in [2.75, 3.05) is 12.4 Å². The Morgan fingerprint density at radius 2 is 2.11 bits per heavy atom. The van der Waals surface area contributed by atoms with Crippen LogP contribution in [0.1, 0.15) is 15.9 Å². The Hall–Kier alpha value is -3.39. The second kappa shape index (κ2) is 7.88. The van der Waals surface area contributed by atoms with Crippen LogP contribution in [0.3, 0.4) is 0 Å². The fraction of sp³-hybridized carbons (Fsp3) is 0.111. The van der Waals surface area contributed by atoms with Gasteiger partial charge in [-0.3, -0.25) is 19.6 Å². The normalized spacial score (nSPS) is 10.4. The van der Waals surface area contributed by atoms with Gasteiger partial charge in [-0.2, -0.15) is 5.10 Å². The first-order chi connectivity index (χ1) is 13.0. The Morgan fingerprint density at radius 1 is 1.33 bits per heavy atom. The molecule has 138 valence electrons. The molecule has 2 aromatic carbocycles. The van der Waals surface area contributed by atoms with Crippen molar-refractivity contribution in [1.82, 2.24) is 9.78 Å². The van der Waals surface area contributed by atoms with Gasteiger partial charge in [0.1, 0.15) is 5.75 Å². The number of anilines is 1. The summed E-state index contributed by atoms with van der Waals surface area (Å²) in [7, 11) is 1.42. The van der Waals surface area contributed by atoms with Gasteiger partial charge in [-0.25, -0.2) is 0 Å². The molecular weight excluding hydrogens is 372 g/mol. The van der Waals surface area contributed by atoms with Crippen LogP contribution in [0.4, 0.5) is 11.4 Å². The highest BCUT2D eigenvalue weighted by Gasteiger charge is 2.16. The zero-order valence-corrected chi connectivity index (χ0v) is 15.0. The van der Waals surface area contributed by atoms with Crippen LogP contribution < -0.4 is 10.1 Å². The van der Waals surface area contributed by atoms with Gasteiger partial charge in [0.25, 0.3) is 11.6 Å². The van der Waals surface area contributed by atoms with Gasteiger partial charge in [0.15, 0.2) is 0 Å². The first-order valence-corrected chi connectivity index (χ1v) is 8.25. The van der Waals surface area contributed by atoms with E-state index in [9.17, 15) is 14.9 Å². The molecule has 0 aliphatic carbocycles. The van der Waals surface area contributed by atoms with Crippen molar-refractivity contribution in [3.63, 3.8) is 0 Å². The van der Waals surface area contributed by atoms with Crippen LogP contribution in [0.15, 0.2) is 54.9 Å². The third kappa shape index (κ3) is 4.24. The molecule has 3 rings (SSSR count). The number of nitrogens with one attached hydrogen (secondary N) is 1. The van der Waals surface area contributed by atoms with Crippen molar-refractivity contribution >= 4 is 28.9 Å². The summed E-state index contributed by atoms with van der Waals surface area (Å²) in [4.78, 5) is 22.9. The lowest BCUT2D eigenvalue weighted by Gasteiger charge is -2.09. The summed E-state index contributed by atoms with van der Waals surface area (Å²) in [5.74, 6) is -0.142. The summed E-state index contributed by atoms with van der Waals surface area (Å²) in [5.41, 5.74) is 1.22. The summed E-state index contributed by atoms with van der Waals surface area (Å²) in [5, 5.41) is 18.3. The van der Waals surface area contributed by atoms with Crippen molar-refractivity contribution in [3.05, 3.63) is 81.1 Å². The summed E-state index contributed by atoms with van der Waals surface area (Å²) in [6, 6.07) is 11.3. The number of nitro groups is 1. The minimum atomic E-state index is -0.545. The fourth-order valence-electron chi connectivity index (χ4n) is 2.47. The minimum absolute atomic E-state index is 0.152. The van der Waals surface area contributed by atoms with Gasteiger partial charge in [-0.15, -0.1) is 0 Å². The number of aromatic nitrogens is 2. The van der Waals surface area contributed by atoms with Crippen molar-refractivity contribution in [3.8, 4) is 5.75 Å². The van der Waals surface area contributed by atoms with Crippen molar-refractivity contribution in [2.24, 2.45) is 0 Å². The average molecular weight is 387 g/mol. The van der Waals surface area contributed by atoms with E-state index in [0.29, 0.717) is 22.9 Å². The van der Waals surface area contributed by atoms with Crippen LogP contribution in [0.25, 0.3) is 0 Å². The Labute approximate surface area is 159 Å². The summed E-state index contributed by atoms with van der Waals surface area (Å²) in [6.07, 6.45) is 2.98. The largest absolute Gasteiger partial charge is 0.495 e. The summed E-state index contributed by atoms with van der Waals surface area (Å²) >= 11 is 6.14. The number of ether oxygens (including phenoxy) is 1. The molecule has 0 radical (unpaired) electrons. The van der Waals surface area contributed by atoms with E-state index in [1.807, 2.05) is 18.2 Å². The molecule has 0 unspecified atom stereocenters. The molecule has 1 N–H and O–H groups in total.